The smallest absolute Gasteiger partial charge is 0.262 e. The molecule has 5 heteroatoms. The summed E-state index contributed by atoms with van der Waals surface area (Å²) in [5.41, 5.74) is 4.77. The van der Waals surface area contributed by atoms with Gasteiger partial charge in [0.25, 0.3) is 5.91 Å². The molecular weight excluding hydrogens is 338 g/mol. The number of piperazine rings is 1. The van der Waals surface area contributed by atoms with E-state index in [1.54, 1.807) is 0 Å². The molecule has 27 heavy (non-hydrogen) atoms. The molecule has 0 spiro atoms. The van der Waals surface area contributed by atoms with E-state index in [2.05, 4.69) is 46.4 Å². The predicted octanol–water partition coefficient (Wildman–Crippen LogP) is 2.94. The number of benzene rings is 2. The average Bonchev–Trinajstić information content (AvgIpc) is 3.15. The summed E-state index contributed by atoms with van der Waals surface area (Å²) < 4.78 is 5.67. The van der Waals surface area contributed by atoms with Crippen molar-refractivity contribution in [2.45, 2.75) is 19.3 Å². The van der Waals surface area contributed by atoms with Gasteiger partial charge in [-0.25, -0.2) is 0 Å². The Bertz CT molecular complexity index is 796. The molecule has 4 rings (SSSR count). The highest BCUT2D eigenvalue weighted by Crippen LogP contribution is 2.26. The average molecular weight is 365 g/mol. The molecule has 1 N–H and O–H groups in total. The van der Waals surface area contributed by atoms with Crippen molar-refractivity contribution in [2.75, 3.05) is 50.1 Å². The van der Waals surface area contributed by atoms with Crippen LogP contribution in [0.15, 0.2) is 42.5 Å². The lowest BCUT2D eigenvalue weighted by molar-refractivity contribution is -0.118. The number of rotatable bonds is 5. The van der Waals surface area contributed by atoms with Crippen molar-refractivity contribution in [3.05, 3.63) is 53.6 Å². The summed E-state index contributed by atoms with van der Waals surface area (Å²) in [6.07, 6.45) is 3.47. The molecular formula is C22H27N3O2. The summed E-state index contributed by atoms with van der Waals surface area (Å²) in [5.74, 6) is 0.638. The van der Waals surface area contributed by atoms with Gasteiger partial charge in [-0.1, -0.05) is 6.07 Å². The number of carbonyl (C=O) groups is 1. The van der Waals surface area contributed by atoms with Crippen LogP contribution < -0.4 is 15.0 Å². The van der Waals surface area contributed by atoms with Gasteiger partial charge in [-0.3, -0.25) is 4.79 Å². The SMILES string of the molecule is CN1CCN(c2ccc(NC(=O)COc3ccc4c(c3)CCC4)cc2)CC1. The van der Waals surface area contributed by atoms with E-state index in [0.29, 0.717) is 0 Å². The summed E-state index contributed by atoms with van der Waals surface area (Å²) >= 11 is 0. The lowest BCUT2D eigenvalue weighted by Crippen LogP contribution is -2.44. The number of amides is 1. The topological polar surface area (TPSA) is 44.8 Å². The van der Waals surface area contributed by atoms with E-state index in [9.17, 15) is 4.79 Å². The summed E-state index contributed by atoms with van der Waals surface area (Å²) in [4.78, 5) is 16.9. The fourth-order valence-corrected chi connectivity index (χ4v) is 3.80. The molecule has 1 heterocycles. The minimum atomic E-state index is -0.136. The number of hydrogen-bond donors (Lipinski definition) is 1. The summed E-state index contributed by atoms with van der Waals surface area (Å²) in [5, 5.41) is 2.91. The van der Waals surface area contributed by atoms with Gasteiger partial charge in [0, 0.05) is 37.6 Å². The Morgan fingerprint density at radius 2 is 1.74 bits per heavy atom. The Labute approximate surface area is 160 Å². The highest BCUT2D eigenvalue weighted by molar-refractivity contribution is 5.92. The second-order valence-electron chi connectivity index (χ2n) is 7.46. The maximum atomic E-state index is 12.2. The van der Waals surface area contributed by atoms with Crippen LogP contribution in [0.2, 0.25) is 0 Å². The molecule has 0 atom stereocenters. The molecule has 0 unspecified atom stereocenters. The molecule has 0 saturated carbocycles. The van der Waals surface area contributed by atoms with E-state index in [4.69, 9.17) is 4.74 Å². The Morgan fingerprint density at radius 1 is 1.00 bits per heavy atom. The van der Waals surface area contributed by atoms with Crippen LogP contribution >= 0.6 is 0 Å². The van der Waals surface area contributed by atoms with Crippen LogP contribution in [0.5, 0.6) is 5.75 Å². The molecule has 2 aliphatic rings. The van der Waals surface area contributed by atoms with E-state index in [-0.39, 0.29) is 12.5 Å². The van der Waals surface area contributed by atoms with Gasteiger partial charge < -0.3 is 19.9 Å². The minimum Gasteiger partial charge on any atom is -0.484 e. The summed E-state index contributed by atoms with van der Waals surface area (Å²) in [6, 6.07) is 14.2. The zero-order valence-electron chi connectivity index (χ0n) is 15.9. The van der Waals surface area contributed by atoms with Gasteiger partial charge in [-0.2, -0.15) is 0 Å². The number of hydrogen-bond acceptors (Lipinski definition) is 4. The first-order valence-electron chi connectivity index (χ1n) is 9.75. The van der Waals surface area contributed by atoms with Crippen molar-refractivity contribution < 1.29 is 9.53 Å². The largest absolute Gasteiger partial charge is 0.484 e. The van der Waals surface area contributed by atoms with Gasteiger partial charge in [0.15, 0.2) is 6.61 Å². The maximum Gasteiger partial charge on any atom is 0.262 e. The van der Waals surface area contributed by atoms with Crippen molar-refractivity contribution in [1.29, 1.82) is 0 Å². The second kappa shape index (κ2) is 8.01. The lowest BCUT2D eigenvalue weighted by Gasteiger charge is -2.34. The third-order valence-corrected chi connectivity index (χ3v) is 5.46. The van der Waals surface area contributed by atoms with Crippen LogP contribution in [0.3, 0.4) is 0 Å². The van der Waals surface area contributed by atoms with Crippen molar-refractivity contribution >= 4 is 17.3 Å². The number of carbonyl (C=O) groups excluding carboxylic acids is 1. The quantitative estimate of drug-likeness (QED) is 0.885. The number of nitrogens with one attached hydrogen (secondary N) is 1. The molecule has 1 saturated heterocycles. The van der Waals surface area contributed by atoms with Crippen LogP contribution in [0.4, 0.5) is 11.4 Å². The number of nitrogens with zero attached hydrogens (tertiary/aromatic N) is 2. The maximum absolute atomic E-state index is 12.2. The molecule has 0 bridgehead atoms. The Hall–Kier alpha value is -2.53. The minimum absolute atomic E-state index is 0.0268. The number of fused-ring (bicyclic) bond motifs is 1. The molecule has 0 radical (unpaired) electrons. The van der Waals surface area contributed by atoms with Crippen molar-refractivity contribution in [3.8, 4) is 5.75 Å². The Morgan fingerprint density at radius 3 is 2.52 bits per heavy atom. The normalized spacial score (nSPS) is 16.9. The molecule has 2 aromatic rings. The molecule has 5 nitrogen and oxygen atoms in total. The molecule has 1 aliphatic carbocycles. The molecule has 1 aliphatic heterocycles. The highest BCUT2D eigenvalue weighted by atomic mass is 16.5. The van der Waals surface area contributed by atoms with E-state index in [1.807, 2.05) is 18.2 Å². The van der Waals surface area contributed by atoms with Gasteiger partial charge in [0.2, 0.25) is 0 Å². The standard InChI is InChI=1S/C22H27N3O2/c1-24-11-13-25(14-12-24)20-8-6-19(7-9-20)23-22(26)16-27-21-10-5-17-3-2-4-18(17)15-21/h5-10,15H,2-4,11-14,16H2,1H3,(H,23,26). The van der Waals surface area contributed by atoms with E-state index in [0.717, 1.165) is 50.5 Å². The summed E-state index contributed by atoms with van der Waals surface area (Å²) in [6.45, 7) is 4.27. The highest BCUT2D eigenvalue weighted by Gasteiger charge is 2.14. The van der Waals surface area contributed by atoms with Crippen LogP contribution in [0.25, 0.3) is 0 Å². The predicted molar refractivity (Wildman–Crippen MR) is 109 cm³/mol. The van der Waals surface area contributed by atoms with E-state index in [1.165, 1.54) is 23.2 Å². The zero-order valence-corrected chi connectivity index (χ0v) is 15.9. The number of aryl methyl sites for hydroxylation is 2. The molecule has 0 aromatic heterocycles. The van der Waals surface area contributed by atoms with Gasteiger partial charge in [-0.15, -0.1) is 0 Å². The number of anilines is 2. The van der Waals surface area contributed by atoms with Gasteiger partial charge in [-0.05, 0) is 73.8 Å². The van der Waals surface area contributed by atoms with Gasteiger partial charge >= 0.3 is 0 Å². The van der Waals surface area contributed by atoms with Crippen LogP contribution in [0, 0.1) is 0 Å². The van der Waals surface area contributed by atoms with Crippen molar-refractivity contribution in [2.24, 2.45) is 0 Å². The first kappa shape index (κ1) is 17.9. The van der Waals surface area contributed by atoms with Crippen molar-refractivity contribution in [3.63, 3.8) is 0 Å². The zero-order chi connectivity index (χ0) is 18.6. The molecule has 142 valence electrons. The van der Waals surface area contributed by atoms with Crippen LogP contribution in [-0.2, 0) is 17.6 Å². The number of likely N-dealkylation sites (N-methyl/N-ethyl adjacent to an activating group) is 1. The van der Waals surface area contributed by atoms with Crippen LogP contribution in [0.1, 0.15) is 17.5 Å². The number of ether oxygens (including phenoxy) is 1. The first-order valence-corrected chi connectivity index (χ1v) is 9.75. The third kappa shape index (κ3) is 4.42. The van der Waals surface area contributed by atoms with Crippen molar-refractivity contribution in [1.82, 2.24) is 4.90 Å². The third-order valence-electron chi connectivity index (χ3n) is 5.46. The Kier molecular flexibility index (Phi) is 5.30. The van der Waals surface area contributed by atoms with E-state index < -0.39 is 0 Å². The van der Waals surface area contributed by atoms with Gasteiger partial charge in [0.1, 0.15) is 5.75 Å². The Balaban J connectivity index is 1.28. The fourth-order valence-electron chi connectivity index (χ4n) is 3.80. The second-order valence-corrected chi connectivity index (χ2v) is 7.46. The van der Waals surface area contributed by atoms with Crippen LogP contribution in [-0.4, -0.2) is 50.6 Å². The van der Waals surface area contributed by atoms with E-state index >= 15 is 0 Å². The lowest BCUT2D eigenvalue weighted by atomic mass is 10.1. The summed E-state index contributed by atoms with van der Waals surface area (Å²) in [7, 11) is 2.15. The first-order chi connectivity index (χ1) is 13.2. The molecule has 1 amide bonds. The monoisotopic (exact) mass is 365 g/mol. The van der Waals surface area contributed by atoms with Gasteiger partial charge in [0.05, 0.1) is 0 Å². The molecule has 1 fully saturated rings. The fraction of sp³-hybridized carbons (Fsp3) is 0.409. The molecule has 2 aromatic carbocycles.